The molecule has 1 amide bonds. The van der Waals surface area contributed by atoms with Crippen LogP contribution in [-0.2, 0) is 10.5 Å². The number of aromatic nitrogens is 2. The zero-order valence-electron chi connectivity index (χ0n) is 13.8. The van der Waals surface area contributed by atoms with Gasteiger partial charge in [-0.05, 0) is 36.4 Å². The molecule has 0 saturated heterocycles. The molecule has 0 aliphatic carbocycles. The summed E-state index contributed by atoms with van der Waals surface area (Å²) in [6.45, 7) is 0. The van der Waals surface area contributed by atoms with Gasteiger partial charge in [0.15, 0.2) is 0 Å². The van der Waals surface area contributed by atoms with E-state index >= 15 is 0 Å². The molecule has 1 N–H and O–H groups in total. The predicted octanol–water partition coefficient (Wildman–Crippen LogP) is 3.40. The number of benzene rings is 2. The third kappa shape index (κ3) is 4.48. The van der Waals surface area contributed by atoms with Crippen LogP contribution in [-0.4, -0.2) is 29.2 Å². The van der Waals surface area contributed by atoms with E-state index in [0.29, 0.717) is 22.8 Å². The molecule has 0 fully saturated rings. The number of methoxy groups -OCH3 is 1. The number of amides is 1. The molecule has 132 valence electrons. The number of ether oxygens (including phenoxy) is 1. The van der Waals surface area contributed by atoms with Crippen LogP contribution in [0.5, 0.6) is 0 Å². The van der Waals surface area contributed by atoms with E-state index in [0.717, 1.165) is 4.90 Å². The van der Waals surface area contributed by atoms with Crippen molar-refractivity contribution in [2.24, 2.45) is 0 Å². The zero-order valence-corrected chi connectivity index (χ0v) is 14.7. The summed E-state index contributed by atoms with van der Waals surface area (Å²) in [7, 11) is 1.30. The third-order valence-corrected chi connectivity index (χ3v) is 4.36. The summed E-state index contributed by atoms with van der Waals surface area (Å²) in [4.78, 5) is 24.7. The first-order chi connectivity index (χ1) is 12.7. The highest BCUT2D eigenvalue weighted by molar-refractivity contribution is 7.98. The summed E-state index contributed by atoms with van der Waals surface area (Å²) in [5.74, 6) is 0.0395. The number of carbonyl (C=O) groups is 2. The smallest absolute Gasteiger partial charge is 0.337 e. The van der Waals surface area contributed by atoms with E-state index < -0.39 is 11.9 Å². The standard InChI is InChI=1S/C18H15N3O4S/c1-24-17(23)13-9-7-12(8-10-13)16(22)19-18-21-20-15(25-18)11-26-14-5-3-2-4-6-14/h2-10H,11H2,1H3,(H,19,21,22). The van der Waals surface area contributed by atoms with Gasteiger partial charge in [-0.15, -0.1) is 16.9 Å². The molecule has 0 saturated carbocycles. The lowest BCUT2D eigenvalue weighted by Crippen LogP contribution is -2.12. The average Bonchev–Trinajstić information content (AvgIpc) is 3.14. The number of thioether (sulfide) groups is 1. The molecule has 0 unspecified atom stereocenters. The number of nitrogens with one attached hydrogen (secondary N) is 1. The normalized spacial score (nSPS) is 10.3. The summed E-state index contributed by atoms with van der Waals surface area (Å²) in [6.07, 6.45) is 0. The Morgan fingerprint density at radius 2 is 1.73 bits per heavy atom. The van der Waals surface area contributed by atoms with Gasteiger partial charge in [-0.1, -0.05) is 23.3 Å². The Bertz CT molecular complexity index is 894. The van der Waals surface area contributed by atoms with Crippen LogP contribution in [0.1, 0.15) is 26.6 Å². The minimum absolute atomic E-state index is 0.0238. The minimum atomic E-state index is -0.464. The van der Waals surface area contributed by atoms with E-state index in [1.54, 1.807) is 11.8 Å². The lowest BCUT2D eigenvalue weighted by Gasteiger charge is -2.02. The van der Waals surface area contributed by atoms with E-state index in [4.69, 9.17) is 4.42 Å². The van der Waals surface area contributed by atoms with Crippen LogP contribution in [0.25, 0.3) is 0 Å². The van der Waals surface area contributed by atoms with Crippen molar-refractivity contribution in [1.82, 2.24) is 10.2 Å². The molecule has 1 heterocycles. The van der Waals surface area contributed by atoms with Gasteiger partial charge in [-0.2, -0.15) is 0 Å². The Morgan fingerprint density at radius 1 is 1.04 bits per heavy atom. The van der Waals surface area contributed by atoms with Crippen molar-refractivity contribution in [1.29, 1.82) is 0 Å². The molecule has 0 bridgehead atoms. The maximum atomic E-state index is 12.2. The molecular formula is C18H15N3O4S. The van der Waals surface area contributed by atoms with Crippen molar-refractivity contribution in [2.45, 2.75) is 10.6 Å². The van der Waals surface area contributed by atoms with E-state index in [1.165, 1.54) is 31.4 Å². The fourth-order valence-corrected chi connectivity index (χ4v) is 2.83. The van der Waals surface area contributed by atoms with E-state index in [9.17, 15) is 9.59 Å². The number of hydrogen-bond acceptors (Lipinski definition) is 7. The van der Waals surface area contributed by atoms with Gasteiger partial charge < -0.3 is 9.15 Å². The van der Waals surface area contributed by atoms with Gasteiger partial charge >= 0.3 is 12.0 Å². The molecule has 0 atom stereocenters. The molecule has 2 aromatic carbocycles. The van der Waals surface area contributed by atoms with Gasteiger partial charge in [0.25, 0.3) is 5.91 Å². The largest absolute Gasteiger partial charge is 0.465 e. The fraction of sp³-hybridized carbons (Fsp3) is 0.111. The Morgan fingerprint density at radius 3 is 2.42 bits per heavy atom. The maximum Gasteiger partial charge on any atom is 0.337 e. The van der Waals surface area contributed by atoms with E-state index in [2.05, 4.69) is 20.3 Å². The molecule has 1 aromatic heterocycles. The summed E-state index contributed by atoms with van der Waals surface area (Å²) < 4.78 is 10.0. The Balaban J connectivity index is 1.58. The number of rotatable bonds is 6. The van der Waals surface area contributed by atoms with Crippen LogP contribution in [0, 0.1) is 0 Å². The zero-order chi connectivity index (χ0) is 18.4. The molecule has 0 spiro atoms. The van der Waals surface area contributed by atoms with E-state index in [-0.39, 0.29) is 6.01 Å². The maximum absolute atomic E-state index is 12.2. The van der Waals surface area contributed by atoms with Gasteiger partial charge in [-0.3, -0.25) is 10.1 Å². The first-order valence-corrected chi connectivity index (χ1v) is 8.64. The lowest BCUT2D eigenvalue weighted by molar-refractivity contribution is 0.0600. The molecule has 0 aliphatic rings. The lowest BCUT2D eigenvalue weighted by atomic mass is 10.1. The molecule has 0 radical (unpaired) electrons. The van der Waals surface area contributed by atoms with Gasteiger partial charge in [0.1, 0.15) is 0 Å². The highest BCUT2D eigenvalue weighted by Gasteiger charge is 2.13. The summed E-state index contributed by atoms with van der Waals surface area (Å²) in [5.41, 5.74) is 0.720. The fourth-order valence-electron chi connectivity index (χ4n) is 2.07. The van der Waals surface area contributed by atoms with Crippen molar-refractivity contribution in [3.8, 4) is 0 Å². The van der Waals surface area contributed by atoms with Crippen molar-refractivity contribution in [2.75, 3.05) is 12.4 Å². The van der Waals surface area contributed by atoms with Gasteiger partial charge in [-0.25, -0.2) is 4.79 Å². The summed E-state index contributed by atoms with van der Waals surface area (Å²) >= 11 is 1.56. The average molecular weight is 369 g/mol. The van der Waals surface area contributed by atoms with Gasteiger partial charge in [0.05, 0.1) is 18.4 Å². The van der Waals surface area contributed by atoms with Crippen molar-refractivity contribution >= 4 is 29.7 Å². The van der Waals surface area contributed by atoms with Gasteiger partial charge in [0.2, 0.25) is 5.89 Å². The molecular weight excluding hydrogens is 354 g/mol. The Labute approximate surface area is 153 Å². The molecule has 3 aromatic rings. The highest BCUT2D eigenvalue weighted by Crippen LogP contribution is 2.22. The second kappa shape index (κ2) is 8.30. The quantitative estimate of drug-likeness (QED) is 0.525. The summed E-state index contributed by atoms with van der Waals surface area (Å²) in [5, 5.41) is 10.3. The van der Waals surface area contributed by atoms with Crippen LogP contribution >= 0.6 is 11.8 Å². The third-order valence-electron chi connectivity index (χ3n) is 3.36. The molecule has 0 aliphatic heterocycles. The van der Waals surface area contributed by atoms with Crippen molar-refractivity contribution in [3.63, 3.8) is 0 Å². The highest BCUT2D eigenvalue weighted by atomic mass is 32.2. The van der Waals surface area contributed by atoms with Gasteiger partial charge in [0, 0.05) is 10.5 Å². The number of hydrogen-bond donors (Lipinski definition) is 1. The molecule has 3 rings (SSSR count). The topological polar surface area (TPSA) is 94.3 Å². The van der Waals surface area contributed by atoms with Crippen molar-refractivity contribution in [3.05, 3.63) is 71.6 Å². The molecule has 7 nitrogen and oxygen atoms in total. The van der Waals surface area contributed by atoms with Crippen LogP contribution < -0.4 is 5.32 Å². The Kier molecular flexibility index (Phi) is 5.65. The molecule has 26 heavy (non-hydrogen) atoms. The first kappa shape index (κ1) is 17.7. The first-order valence-electron chi connectivity index (χ1n) is 7.65. The minimum Gasteiger partial charge on any atom is -0.465 e. The Hall–Kier alpha value is -3.13. The second-order valence-electron chi connectivity index (χ2n) is 5.13. The number of anilines is 1. The second-order valence-corrected chi connectivity index (χ2v) is 6.17. The summed E-state index contributed by atoms with van der Waals surface area (Å²) in [6, 6.07) is 15.9. The van der Waals surface area contributed by atoms with Crippen LogP contribution in [0.3, 0.4) is 0 Å². The SMILES string of the molecule is COC(=O)c1ccc(C(=O)Nc2nnc(CSc3ccccc3)o2)cc1. The number of esters is 1. The van der Waals surface area contributed by atoms with E-state index in [1.807, 2.05) is 30.3 Å². The predicted molar refractivity (Wildman–Crippen MR) is 96.0 cm³/mol. The van der Waals surface area contributed by atoms with Crippen molar-refractivity contribution < 1.29 is 18.7 Å². The number of carbonyl (C=O) groups excluding carboxylic acids is 2. The van der Waals surface area contributed by atoms with Crippen LogP contribution in [0.4, 0.5) is 6.01 Å². The number of nitrogens with zero attached hydrogens (tertiary/aromatic N) is 2. The van der Waals surface area contributed by atoms with Crippen LogP contribution in [0.2, 0.25) is 0 Å². The van der Waals surface area contributed by atoms with Crippen LogP contribution in [0.15, 0.2) is 63.9 Å². The monoisotopic (exact) mass is 369 g/mol. The molecule has 8 heteroatoms.